The fraction of sp³-hybridized carbons (Fsp3) is 0.438. The molecule has 26 heavy (non-hydrogen) atoms. The lowest BCUT2D eigenvalue weighted by atomic mass is 10.3. The average molecular weight is 400 g/mol. The van der Waals surface area contributed by atoms with E-state index in [9.17, 15) is 4.57 Å². The number of nitrogens with zero attached hydrogens (tertiary/aromatic N) is 4. The topological polar surface area (TPSA) is 105 Å². The summed E-state index contributed by atoms with van der Waals surface area (Å²) in [5.74, 6) is 1.48. The number of fused-ring (bicyclic) bond motifs is 1. The van der Waals surface area contributed by atoms with Crippen LogP contribution in [0.5, 0.6) is 0 Å². The number of nitrogens with two attached hydrogens (primary N) is 1. The summed E-state index contributed by atoms with van der Waals surface area (Å²) in [5.41, 5.74) is 7.24. The van der Waals surface area contributed by atoms with Gasteiger partial charge in [0.15, 0.2) is 10.8 Å². The van der Waals surface area contributed by atoms with Crippen molar-refractivity contribution in [3.63, 3.8) is 0 Å². The Morgan fingerprint density at radius 3 is 2.54 bits per heavy atom. The fourth-order valence-corrected chi connectivity index (χ4v) is 4.17. The molecule has 2 aromatic rings. The van der Waals surface area contributed by atoms with Gasteiger partial charge in [0.25, 0.3) is 0 Å². The molecular formula is C16H23ClN5O3P. The highest BCUT2D eigenvalue weighted by Gasteiger charge is 2.24. The van der Waals surface area contributed by atoms with Crippen molar-refractivity contribution in [1.82, 2.24) is 19.5 Å². The van der Waals surface area contributed by atoms with E-state index in [1.165, 1.54) is 5.82 Å². The van der Waals surface area contributed by atoms with Crippen LogP contribution in [-0.2, 0) is 20.2 Å². The summed E-state index contributed by atoms with van der Waals surface area (Å²) in [5, 5.41) is 0.188. The standard InChI is InChI=1S/C16H23ClN5O3P/c1-10(2)24-26(23,25-11(3)4)7-6-12(5)8-22-9-19-13-14(17)20-16(18)21-15(13)22/h6-7,9-11H,5,8H2,1-4H3,(H2,18,20,21)/b7-6+. The van der Waals surface area contributed by atoms with E-state index in [1.54, 1.807) is 44.7 Å². The molecule has 0 aromatic carbocycles. The first-order valence-electron chi connectivity index (χ1n) is 8.07. The zero-order valence-electron chi connectivity index (χ0n) is 15.2. The Balaban J connectivity index is 2.19. The molecule has 0 saturated heterocycles. The van der Waals surface area contributed by atoms with E-state index >= 15 is 0 Å². The Morgan fingerprint density at radius 2 is 1.96 bits per heavy atom. The third-order valence-corrected chi connectivity index (χ3v) is 5.23. The number of nitrogen functional groups attached to an aromatic ring is 1. The maximum atomic E-state index is 12.8. The summed E-state index contributed by atoms with van der Waals surface area (Å²) < 4.78 is 25.5. The van der Waals surface area contributed by atoms with Crippen LogP contribution >= 0.6 is 19.2 Å². The van der Waals surface area contributed by atoms with E-state index < -0.39 is 7.60 Å². The molecular weight excluding hydrogens is 377 g/mol. The number of allylic oxidation sites excluding steroid dienone is 2. The molecule has 0 amide bonds. The lowest BCUT2D eigenvalue weighted by Gasteiger charge is -2.19. The third kappa shape index (κ3) is 5.38. The second-order valence-electron chi connectivity index (χ2n) is 6.24. The van der Waals surface area contributed by atoms with E-state index in [-0.39, 0.29) is 23.3 Å². The SMILES string of the molecule is C=C(/C=C/P(=O)(OC(C)C)OC(C)C)Cn1cnc2c(Cl)nc(N)nc21. The highest BCUT2D eigenvalue weighted by molar-refractivity contribution is 7.57. The predicted octanol–water partition coefficient (Wildman–Crippen LogP) is 4.17. The van der Waals surface area contributed by atoms with Gasteiger partial charge in [0.1, 0.15) is 5.52 Å². The van der Waals surface area contributed by atoms with Gasteiger partial charge in [-0.15, -0.1) is 0 Å². The Morgan fingerprint density at radius 1 is 1.35 bits per heavy atom. The van der Waals surface area contributed by atoms with Crippen LogP contribution < -0.4 is 5.73 Å². The van der Waals surface area contributed by atoms with Gasteiger partial charge < -0.3 is 19.3 Å². The van der Waals surface area contributed by atoms with Crippen molar-refractivity contribution in [2.75, 3.05) is 5.73 Å². The summed E-state index contributed by atoms with van der Waals surface area (Å²) >= 11 is 6.02. The first-order valence-corrected chi connectivity index (χ1v) is 10.1. The lowest BCUT2D eigenvalue weighted by molar-refractivity contribution is 0.149. The smallest absolute Gasteiger partial charge is 0.354 e. The molecule has 2 heterocycles. The van der Waals surface area contributed by atoms with Gasteiger partial charge in [-0.25, -0.2) is 4.98 Å². The molecule has 0 unspecified atom stereocenters. The summed E-state index contributed by atoms with van der Waals surface area (Å²) in [7, 11) is -3.37. The Labute approximate surface area is 157 Å². The van der Waals surface area contributed by atoms with Crippen LogP contribution in [0.15, 0.2) is 30.4 Å². The molecule has 2 rings (SSSR count). The monoisotopic (exact) mass is 399 g/mol. The predicted molar refractivity (Wildman–Crippen MR) is 103 cm³/mol. The van der Waals surface area contributed by atoms with Crippen molar-refractivity contribution in [2.24, 2.45) is 0 Å². The average Bonchev–Trinajstić information content (AvgIpc) is 2.87. The number of halogens is 1. The summed E-state index contributed by atoms with van der Waals surface area (Å²) in [6.45, 7) is 11.5. The second-order valence-corrected chi connectivity index (χ2v) is 8.40. The van der Waals surface area contributed by atoms with Gasteiger partial charge in [-0.05, 0) is 39.3 Å². The Bertz CT molecular complexity index is 864. The first kappa shape index (κ1) is 20.6. The van der Waals surface area contributed by atoms with Crippen LogP contribution in [0.2, 0.25) is 5.15 Å². The molecule has 0 spiro atoms. The van der Waals surface area contributed by atoms with Gasteiger partial charge in [-0.1, -0.05) is 18.2 Å². The largest absolute Gasteiger partial charge is 0.368 e. The molecule has 0 atom stereocenters. The summed E-state index contributed by atoms with van der Waals surface area (Å²) in [6.07, 6.45) is 2.70. The maximum absolute atomic E-state index is 12.8. The normalized spacial score (nSPS) is 12.7. The number of aromatic nitrogens is 4. The van der Waals surface area contributed by atoms with Crippen LogP contribution in [0.4, 0.5) is 5.95 Å². The number of hydrogen-bond donors (Lipinski definition) is 1. The van der Waals surface area contributed by atoms with Crippen molar-refractivity contribution < 1.29 is 13.6 Å². The number of hydrogen-bond acceptors (Lipinski definition) is 7. The minimum atomic E-state index is -3.37. The molecule has 2 aromatic heterocycles. The number of rotatable bonds is 8. The van der Waals surface area contributed by atoms with Crippen molar-refractivity contribution >= 4 is 36.3 Å². The molecule has 0 aliphatic rings. The third-order valence-electron chi connectivity index (χ3n) is 3.02. The van der Waals surface area contributed by atoms with Crippen molar-refractivity contribution in [1.29, 1.82) is 0 Å². The van der Waals surface area contributed by atoms with Crippen LogP contribution in [0.1, 0.15) is 27.7 Å². The van der Waals surface area contributed by atoms with E-state index in [1.807, 2.05) is 0 Å². The van der Waals surface area contributed by atoms with Gasteiger partial charge in [0.2, 0.25) is 5.95 Å². The van der Waals surface area contributed by atoms with Crippen molar-refractivity contribution in [2.45, 2.75) is 46.4 Å². The van der Waals surface area contributed by atoms with Crippen LogP contribution in [-0.4, -0.2) is 31.7 Å². The van der Waals surface area contributed by atoms with Gasteiger partial charge in [0, 0.05) is 12.4 Å². The molecule has 10 heteroatoms. The van der Waals surface area contributed by atoms with Gasteiger partial charge in [-0.2, -0.15) is 9.97 Å². The van der Waals surface area contributed by atoms with E-state index in [2.05, 4.69) is 21.5 Å². The lowest BCUT2D eigenvalue weighted by Crippen LogP contribution is -2.06. The Hall–Kier alpha value is -1.73. The molecule has 0 bridgehead atoms. The molecule has 0 fully saturated rings. The molecule has 142 valence electrons. The molecule has 2 N–H and O–H groups in total. The van der Waals surface area contributed by atoms with Crippen molar-refractivity contribution in [3.05, 3.63) is 35.5 Å². The highest BCUT2D eigenvalue weighted by Crippen LogP contribution is 2.52. The first-order chi connectivity index (χ1) is 12.1. The number of anilines is 1. The quantitative estimate of drug-likeness (QED) is 0.403. The van der Waals surface area contributed by atoms with Crippen LogP contribution in [0.3, 0.4) is 0 Å². The zero-order valence-corrected chi connectivity index (χ0v) is 16.9. The highest BCUT2D eigenvalue weighted by atomic mass is 35.5. The van der Waals surface area contributed by atoms with E-state index in [0.29, 0.717) is 23.3 Å². The molecule has 0 saturated carbocycles. The van der Waals surface area contributed by atoms with E-state index in [0.717, 1.165) is 0 Å². The Kier molecular flexibility index (Phi) is 6.58. The molecule has 0 radical (unpaired) electrons. The van der Waals surface area contributed by atoms with E-state index in [4.69, 9.17) is 26.4 Å². The molecule has 0 aliphatic carbocycles. The molecule has 8 nitrogen and oxygen atoms in total. The van der Waals surface area contributed by atoms with Crippen LogP contribution in [0, 0.1) is 0 Å². The minimum absolute atomic E-state index is 0.0607. The zero-order chi connectivity index (χ0) is 19.5. The summed E-state index contributed by atoms with van der Waals surface area (Å²) in [6, 6.07) is 0. The fourth-order valence-electron chi connectivity index (χ4n) is 2.19. The maximum Gasteiger partial charge on any atom is 0.354 e. The summed E-state index contributed by atoms with van der Waals surface area (Å²) in [4.78, 5) is 12.2. The second kappa shape index (κ2) is 8.31. The van der Waals surface area contributed by atoms with Crippen LogP contribution in [0.25, 0.3) is 11.2 Å². The molecule has 0 aliphatic heterocycles. The van der Waals surface area contributed by atoms with Gasteiger partial charge >= 0.3 is 7.60 Å². The van der Waals surface area contributed by atoms with Gasteiger partial charge in [0.05, 0.1) is 18.5 Å². The minimum Gasteiger partial charge on any atom is -0.368 e. The van der Waals surface area contributed by atoms with Crippen molar-refractivity contribution in [3.8, 4) is 0 Å². The van der Waals surface area contributed by atoms with Gasteiger partial charge in [-0.3, -0.25) is 4.57 Å². The number of imidazole rings is 1.